The number of rotatable bonds is 4. The van der Waals surface area contributed by atoms with E-state index in [-0.39, 0.29) is 4.90 Å². The average Bonchev–Trinajstić information content (AvgIpc) is 3.25. The fourth-order valence-corrected chi connectivity index (χ4v) is 3.59. The summed E-state index contributed by atoms with van der Waals surface area (Å²) in [5, 5.41) is 9.55. The van der Waals surface area contributed by atoms with Crippen LogP contribution in [0.5, 0.6) is 5.88 Å². The molecule has 1 aliphatic rings. The van der Waals surface area contributed by atoms with Gasteiger partial charge in [-0.1, -0.05) is 0 Å². The minimum absolute atomic E-state index is 0.0623. The van der Waals surface area contributed by atoms with Crippen molar-refractivity contribution in [3.05, 3.63) is 24.0 Å². The van der Waals surface area contributed by atoms with Gasteiger partial charge in [0.2, 0.25) is 15.9 Å². The molecule has 22 heavy (non-hydrogen) atoms. The van der Waals surface area contributed by atoms with Crippen LogP contribution in [0.1, 0.15) is 18.7 Å². The summed E-state index contributed by atoms with van der Waals surface area (Å²) in [6, 6.07) is 6.53. The number of hydrogen-bond donors (Lipinski definition) is 1. The number of fused-ring (bicyclic) bond motifs is 1. The number of ether oxygens (including phenoxy) is 1. The number of nitrogens with zero attached hydrogens (tertiary/aromatic N) is 3. The third kappa shape index (κ3) is 2.49. The van der Waals surface area contributed by atoms with Crippen LogP contribution in [0, 0.1) is 18.3 Å². The van der Waals surface area contributed by atoms with Gasteiger partial charge in [0.1, 0.15) is 11.4 Å². The molecule has 0 radical (unpaired) electrons. The molecule has 1 aromatic heterocycles. The highest BCUT2D eigenvalue weighted by Crippen LogP contribution is 2.36. The first-order chi connectivity index (χ1) is 10.4. The predicted octanol–water partition coefficient (Wildman–Crippen LogP) is 1.28. The maximum atomic E-state index is 12.4. The van der Waals surface area contributed by atoms with Gasteiger partial charge >= 0.3 is 0 Å². The van der Waals surface area contributed by atoms with Gasteiger partial charge in [-0.3, -0.25) is 0 Å². The molecule has 0 spiro atoms. The van der Waals surface area contributed by atoms with E-state index in [0.29, 0.717) is 35.4 Å². The molecule has 1 saturated carbocycles. The van der Waals surface area contributed by atoms with Gasteiger partial charge in [-0.2, -0.15) is 15.0 Å². The van der Waals surface area contributed by atoms with Crippen LogP contribution in [-0.4, -0.2) is 31.0 Å². The van der Waals surface area contributed by atoms with E-state index in [9.17, 15) is 8.42 Å². The molecule has 114 valence electrons. The second-order valence-corrected chi connectivity index (χ2v) is 6.94. The van der Waals surface area contributed by atoms with Gasteiger partial charge in [0.05, 0.1) is 29.0 Å². The second-order valence-electron chi connectivity index (χ2n) is 5.26. The summed E-state index contributed by atoms with van der Waals surface area (Å²) in [6.45, 7) is 1.73. The lowest BCUT2D eigenvalue weighted by Crippen LogP contribution is -2.35. The summed E-state index contributed by atoms with van der Waals surface area (Å²) in [4.78, 5) is 8.46. The molecule has 0 aliphatic heterocycles. The maximum absolute atomic E-state index is 12.4. The van der Waals surface area contributed by atoms with Gasteiger partial charge < -0.3 is 4.74 Å². The van der Waals surface area contributed by atoms with E-state index in [0.717, 1.165) is 0 Å². The molecule has 7 nitrogen and oxygen atoms in total. The maximum Gasteiger partial charge on any atom is 0.241 e. The summed E-state index contributed by atoms with van der Waals surface area (Å²) >= 11 is 0. The van der Waals surface area contributed by atoms with Crippen LogP contribution in [0.15, 0.2) is 23.1 Å². The topological polar surface area (TPSA) is 105 Å². The molecule has 0 unspecified atom stereocenters. The summed E-state index contributed by atoms with van der Waals surface area (Å²) in [5.74, 6) is 0.862. The Kier molecular flexibility index (Phi) is 3.27. The highest BCUT2D eigenvalue weighted by molar-refractivity contribution is 7.89. The Morgan fingerprint density at radius 1 is 1.36 bits per heavy atom. The number of benzene rings is 1. The normalized spacial score (nSPS) is 16.2. The molecule has 8 heteroatoms. The number of nitrogens with one attached hydrogen (secondary N) is 1. The highest BCUT2D eigenvalue weighted by Gasteiger charge is 2.46. The molecule has 0 bridgehead atoms. The van der Waals surface area contributed by atoms with E-state index in [2.05, 4.69) is 14.7 Å². The monoisotopic (exact) mass is 318 g/mol. The van der Waals surface area contributed by atoms with Crippen LogP contribution < -0.4 is 9.46 Å². The van der Waals surface area contributed by atoms with Crippen molar-refractivity contribution in [1.29, 1.82) is 5.26 Å². The van der Waals surface area contributed by atoms with Crippen LogP contribution in [0.2, 0.25) is 0 Å². The van der Waals surface area contributed by atoms with E-state index < -0.39 is 15.6 Å². The summed E-state index contributed by atoms with van der Waals surface area (Å²) in [6.07, 6.45) is 1.06. The van der Waals surface area contributed by atoms with Crippen LogP contribution >= 0.6 is 0 Å². The Labute approximate surface area is 128 Å². The number of hydrogen-bond acceptors (Lipinski definition) is 6. The average molecular weight is 318 g/mol. The molecule has 0 atom stereocenters. The molecule has 1 heterocycles. The van der Waals surface area contributed by atoms with Crippen LogP contribution in [-0.2, 0) is 10.0 Å². The van der Waals surface area contributed by atoms with Crippen molar-refractivity contribution in [2.45, 2.75) is 30.2 Å². The van der Waals surface area contributed by atoms with Gasteiger partial charge in [-0.25, -0.2) is 13.4 Å². The Bertz CT molecular complexity index is 898. The summed E-state index contributed by atoms with van der Waals surface area (Å²) in [5.41, 5.74) is -0.355. The first kappa shape index (κ1) is 14.7. The molecular formula is C14H14N4O3S. The van der Waals surface area contributed by atoms with Gasteiger partial charge in [0, 0.05) is 0 Å². The van der Waals surface area contributed by atoms with E-state index >= 15 is 0 Å². The Morgan fingerprint density at radius 2 is 2.09 bits per heavy atom. The largest absolute Gasteiger partial charge is 0.480 e. The standard InChI is InChI=1S/C14H14N4O3S/c1-9-16-12-4-3-10(7-11(12)13(17-9)21-2)22(19,20)18-14(8-15)5-6-14/h3-4,7,18H,5-6H2,1-2H3. The highest BCUT2D eigenvalue weighted by atomic mass is 32.2. The lowest BCUT2D eigenvalue weighted by molar-refractivity contribution is 0.401. The second kappa shape index (κ2) is 4.90. The van der Waals surface area contributed by atoms with Gasteiger partial charge in [-0.15, -0.1) is 0 Å². The third-order valence-electron chi connectivity index (χ3n) is 3.54. The zero-order chi connectivity index (χ0) is 16.0. The van der Waals surface area contributed by atoms with Crippen LogP contribution in [0.4, 0.5) is 0 Å². The lowest BCUT2D eigenvalue weighted by Gasteiger charge is -2.11. The van der Waals surface area contributed by atoms with Crippen molar-refractivity contribution in [2.24, 2.45) is 0 Å². The number of methoxy groups -OCH3 is 1. The molecule has 1 N–H and O–H groups in total. The quantitative estimate of drug-likeness (QED) is 0.910. The van der Waals surface area contributed by atoms with E-state index in [4.69, 9.17) is 10.00 Å². The molecular weight excluding hydrogens is 304 g/mol. The van der Waals surface area contributed by atoms with Crippen molar-refractivity contribution >= 4 is 20.9 Å². The van der Waals surface area contributed by atoms with Crippen molar-refractivity contribution in [3.8, 4) is 11.9 Å². The van der Waals surface area contributed by atoms with Gasteiger partial charge in [-0.05, 0) is 38.0 Å². The molecule has 0 amide bonds. The van der Waals surface area contributed by atoms with Gasteiger partial charge in [0.25, 0.3) is 0 Å². The zero-order valence-electron chi connectivity index (χ0n) is 12.1. The third-order valence-corrected chi connectivity index (χ3v) is 5.08. The zero-order valence-corrected chi connectivity index (χ0v) is 12.9. The Hall–Kier alpha value is -2.24. The first-order valence-corrected chi connectivity index (χ1v) is 8.15. The van der Waals surface area contributed by atoms with Crippen molar-refractivity contribution < 1.29 is 13.2 Å². The number of aryl methyl sites for hydroxylation is 1. The van der Waals surface area contributed by atoms with Gasteiger partial charge in [0.15, 0.2) is 0 Å². The van der Waals surface area contributed by atoms with Crippen LogP contribution in [0.3, 0.4) is 0 Å². The Balaban J connectivity index is 2.09. The number of aromatic nitrogens is 2. The van der Waals surface area contributed by atoms with Crippen molar-refractivity contribution in [3.63, 3.8) is 0 Å². The van der Waals surface area contributed by atoms with Crippen molar-refractivity contribution in [2.75, 3.05) is 7.11 Å². The molecule has 1 fully saturated rings. The SMILES string of the molecule is COc1nc(C)nc2ccc(S(=O)(=O)NC3(C#N)CC3)cc12. The predicted molar refractivity (Wildman–Crippen MR) is 78.7 cm³/mol. The van der Waals surface area contributed by atoms with E-state index in [1.807, 2.05) is 6.07 Å². The summed E-state index contributed by atoms with van der Waals surface area (Å²) < 4.78 is 32.5. The molecule has 3 rings (SSSR count). The minimum atomic E-state index is -3.78. The van der Waals surface area contributed by atoms with E-state index in [1.165, 1.54) is 19.2 Å². The van der Waals surface area contributed by atoms with Crippen LogP contribution in [0.25, 0.3) is 10.9 Å². The first-order valence-electron chi connectivity index (χ1n) is 6.67. The van der Waals surface area contributed by atoms with Crippen molar-refractivity contribution in [1.82, 2.24) is 14.7 Å². The fourth-order valence-electron chi connectivity index (χ4n) is 2.19. The Morgan fingerprint density at radius 3 is 2.68 bits per heavy atom. The minimum Gasteiger partial charge on any atom is -0.480 e. The fraction of sp³-hybridized carbons (Fsp3) is 0.357. The molecule has 1 aliphatic carbocycles. The molecule has 2 aromatic rings. The molecule has 0 saturated heterocycles. The van der Waals surface area contributed by atoms with E-state index in [1.54, 1.807) is 13.0 Å². The number of nitriles is 1. The molecule has 1 aromatic carbocycles. The smallest absolute Gasteiger partial charge is 0.241 e. The number of sulfonamides is 1. The lowest BCUT2D eigenvalue weighted by atomic mass is 10.2. The summed E-state index contributed by atoms with van der Waals surface area (Å²) in [7, 11) is -2.31.